The lowest BCUT2D eigenvalue weighted by molar-refractivity contribution is 0.0786. The summed E-state index contributed by atoms with van der Waals surface area (Å²) in [6, 6.07) is 7.53. The molecule has 1 atom stereocenters. The molecule has 0 radical (unpaired) electrons. The zero-order valence-electron chi connectivity index (χ0n) is 12.0. The zero-order chi connectivity index (χ0) is 14.4. The Labute approximate surface area is 129 Å². The van der Waals surface area contributed by atoms with Crippen molar-refractivity contribution in [2.24, 2.45) is 5.92 Å². The number of hydrogen-bond donors (Lipinski definition) is 0. The summed E-state index contributed by atoms with van der Waals surface area (Å²) in [5.74, 6) is 1.55. The van der Waals surface area contributed by atoms with Crippen molar-refractivity contribution in [3.05, 3.63) is 29.8 Å². The molecule has 110 valence electrons. The molecule has 0 bridgehead atoms. The molecule has 1 unspecified atom stereocenters. The van der Waals surface area contributed by atoms with Gasteiger partial charge in [-0.1, -0.05) is 28.9 Å². The molecule has 1 aromatic rings. The molecule has 0 spiro atoms. The number of amides is 1. The van der Waals surface area contributed by atoms with Crippen LogP contribution in [0.4, 0.5) is 0 Å². The highest BCUT2D eigenvalue weighted by Crippen LogP contribution is 2.23. The van der Waals surface area contributed by atoms with Gasteiger partial charge in [-0.25, -0.2) is 0 Å². The summed E-state index contributed by atoms with van der Waals surface area (Å²) < 4.78 is 5.59. The summed E-state index contributed by atoms with van der Waals surface area (Å²) in [6.07, 6.45) is 3.23. The van der Waals surface area contributed by atoms with Crippen LogP contribution < -0.4 is 4.74 Å². The van der Waals surface area contributed by atoms with Crippen LogP contribution in [0.1, 0.15) is 36.5 Å². The molecule has 20 heavy (non-hydrogen) atoms. The highest BCUT2D eigenvalue weighted by Gasteiger charge is 2.26. The van der Waals surface area contributed by atoms with Crippen molar-refractivity contribution < 1.29 is 9.53 Å². The third kappa shape index (κ3) is 3.98. The maximum absolute atomic E-state index is 12.5. The Kier molecular flexibility index (Phi) is 5.89. The van der Waals surface area contributed by atoms with E-state index in [4.69, 9.17) is 4.74 Å². The van der Waals surface area contributed by atoms with Crippen molar-refractivity contribution in [2.75, 3.05) is 25.0 Å². The molecule has 1 aliphatic rings. The Hall–Kier alpha value is -1.03. The van der Waals surface area contributed by atoms with Crippen LogP contribution in [-0.2, 0) is 0 Å². The van der Waals surface area contributed by atoms with Gasteiger partial charge in [0.05, 0.1) is 6.61 Å². The number of carbonyl (C=O) groups excluding carboxylic acids is 1. The van der Waals surface area contributed by atoms with Crippen LogP contribution in [0.5, 0.6) is 5.75 Å². The smallest absolute Gasteiger partial charge is 0.253 e. The first-order chi connectivity index (χ1) is 9.74. The molecule has 2 rings (SSSR count). The number of halogens is 1. The zero-order valence-corrected chi connectivity index (χ0v) is 13.6. The van der Waals surface area contributed by atoms with E-state index in [1.54, 1.807) is 0 Å². The van der Waals surface area contributed by atoms with Crippen LogP contribution in [0.25, 0.3) is 0 Å². The summed E-state index contributed by atoms with van der Waals surface area (Å²) in [5, 5.41) is 1.01. The van der Waals surface area contributed by atoms with Gasteiger partial charge in [0, 0.05) is 24.0 Å². The predicted octanol–water partition coefficient (Wildman–Crippen LogP) is 3.72. The standard InChI is InChI=1S/C16H22BrNO2/c1-2-10-20-15-5-3-4-14(11-15)16(19)18-9-7-13(12-18)6-8-17/h3-5,11,13H,2,6-10,12H2,1H3. The molecule has 3 nitrogen and oxygen atoms in total. The monoisotopic (exact) mass is 339 g/mol. The topological polar surface area (TPSA) is 29.5 Å². The number of nitrogens with zero attached hydrogens (tertiary/aromatic N) is 1. The van der Waals surface area contributed by atoms with E-state index < -0.39 is 0 Å². The molecule has 1 aliphatic heterocycles. The molecule has 0 aliphatic carbocycles. The molecule has 1 saturated heterocycles. The van der Waals surface area contributed by atoms with Crippen LogP contribution in [0.3, 0.4) is 0 Å². The van der Waals surface area contributed by atoms with Gasteiger partial charge in [-0.15, -0.1) is 0 Å². The van der Waals surface area contributed by atoms with Crippen LogP contribution in [0, 0.1) is 5.92 Å². The molecule has 1 fully saturated rings. The van der Waals surface area contributed by atoms with Gasteiger partial charge in [0.15, 0.2) is 0 Å². The molecule has 1 amide bonds. The molecular weight excluding hydrogens is 318 g/mol. The molecule has 0 N–H and O–H groups in total. The van der Waals surface area contributed by atoms with E-state index in [1.807, 2.05) is 29.2 Å². The van der Waals surface area contributed by atoms with Crippen LogP contribution in [0.2, 0.25) is 0 Å². The van der Waals surface area contributed by atoms with E-state index in [0.29, 0.717) is 12.5 Å². The minimum Gasteiger partial charge on any atom is -0.494 e. The van der Waals surface area contributed by atoms with E-state index in [2.05, 4.69) is 22.9 Å². The highest BCUT2D eigenvalue weighted by molar-refractivity contribution is 9.09. The first-order valence-electron chi connectivity index (χ1n) is 7.32. The second-order valence-corrected chi connectivity index (χ2v) is 6.05. The van der Waals surface area contributed by atoms with E-state index in [-0.39, 0.29) is 5.91 Å². The van der Waals surface area contributed by atoms with E-state index in [0.717, 1.165) is 49.0 Å². The van der Waals surface area contributed by atoms with Crippen LogP contribution in [0.15, 0.2) is 24.3 Å². The van der Waals surface area contributed by atoms with Crippen LogP contribution in [-0.4, -0.2) is 35.8 Å². The number of benzene rings is 1. The third-order valence-corrected chi connectivity index (χ3v) is 4.10. The molecular formula is C16H22BrNO2. The van der Waals surface area contributed by atoms with E-state index >= 15 is 0 Å². The van der Waals surface area contributed by atoms with Crippen molar-refractivity contribution in [1.29, 1.82) is 0 Å². The Bertz CT molecular complexity index is 450. The van der Waals surface area contributed by atoms with Gasteiger partial charge in [-0.05, 0) is 43.4 Å². The number of hydrogen-bond acceptors (Lipinski definition) is 2. The highest BCUT2D eigenvalue weighted by atomic mass is 79.9. The maximum atomic E-state index is 12.5. The van der Waals surface area contributed by atoms with Crippen molar-refractivity contribution in [3.8, 4) is 5.75 Å². The van der Waals surface area contributed by atoms with Crippen molar-refractivity contribution >= 4 is 21.8 Å². The van der Waals surface area contributed by atoms with Crippen molar-refractivity contribution in [1.82, 2.24) is 4.90 Å². The third-order valence-electron chi connectivity index (χ3n) is 3.64. The Morgan fingerprint density at radius 1 is 1.50 bits per heavy atom. The Balaban J connectivity index is 1.98. The largest absolute Gasteiger partial charge is 0.494 e. The summed E-state index contributed by atoms with van der Waals surface area (Å²) in [5.41, 5.74) is 0.734. The predicted molar refractivity (Wildman–Crippen MR) is 84.6 cm³/mol. The number of likely N-dealkylation sites (tertiary alicyclic amines) is 1. The number of carbonyl (C=O) groups is 1. The van der Waals surface area contributed by atoms with E-state index in [9.17, 15) is 4.79 Å². The summed E-state index contributed by atoms with van der Waals surface area (Å²) in [7, 11) is 0. The second-order valence-electron chi connectivity index (χ2n) is 5.26. The Morgan fingerprint density at radius 2 is 2.35 bits per heavy atom. The molecule has 4 heteroatoms. The summed E-state index contributed by atoms with van der Waals surface area (Å²) in [6.45, 7) is 4.51. The number of ether oxygens (including phenoxy) is 1. The first kappa shape index (κ1) is 15.4. The van der Waals surface area contributed by atoms with Gasteiger partial charge >= 0.3 is 0 Å². The minimum atomic E-state index is 0.129. The van der Waals surface area contributed by atoms with Gasteiger partial charge < -0.3 is 9.64 Å². The molecule has 0 saturated carbocycles. The van der Waals surface area contributed by atoms with Gasteiger partial charge in [0.2, 0.25) is 0 Å². The maximum Gasteiger partial charge on any atom is 0.253 e. The van der Waals surface area contributed by atoms with Gasteiger partial charge in [-0.3, -0.25) is 4.79 Å². The minimum absolute atomic E-state index is 0.129. The second kappa shape index (κ2) is 7.67. The summed E-state index contributed by atoms with van der Waals surface area (Å²) in [4.78, 5) is 14.4. The average molecular weight is 340 g/mol. The van der Waals surface area contributed by atoms with E-state index in [1.165, 1.54) is 0 Å². The van der Waals surface area contributed by atoms with Crippen molar-refractivity contribution in [3.63, 3.8) is 0 Å². The number of alkyl halides is 1. The quantitative estimate of drug-likeness (QED) is 0.739. The summed E-state index contributed by atoms with van der Waals surface area (Å²) >= 11 is 3.47. The fraction of sp³-hybridized carbons (Fsp3) is 0.562. The fourth-order valence-electron chi connectivity index (χ4n) is 2.53. The van der Waals surface area contributed by atoms with Crippen LogP contribution >= 0.6 is 15.9 Å². The SMILES string of the molecule is CCCOc1cccc(C(=O)N2CCC(CCBr)C2)c1. The lowest BCUT2D eigenvalue weighted by Gasteiger charge is -2.17. The molecule has 0 aromatic heterocycles. The fourth-order valence-corrected chi connectivity index (χ4v) is 3.18. The Morgan fingerprint density at radius 3 is 3.10 bits per heavy atom. The molecule has 1 aromatic carbocycles. The van der Waals surface area contributed by atoms with Gasteiger partial charge in [-0.2, -0.15) is 0 Å². The molecule has 1 heterocycles. The van der Waals surface area contributed by atoms with Gasteiger partial charge in [0.1, 0.15) is 5.75 Å². The van der Waals surface area contributed by atoms with Gasteiger partial charge in [0.25, 0.3) is 5.91 Å². The lowest BCUT2D eigenvalue weighted by Crippen LogP contribution is -2.28. The first-order valence-corrected chi connectivity index (χ1v) is 8.44. The average Bonchev–Trinajstić information content (AvgIpc) is 2.93. The lowest BCUT2D eigenvalue weighted by atomic mass is 10.1. The van der Waals surface area contributed by atoms with Crippen molar-refractivity contribution in [2.45, 2.75) is 26.2 Å². The number of rotatable bonds is 6. The normalized spacial score (nSPS) is 18.3.